The summed E-state index contributed by atoms with van der Waals surface area (Å²) in [5.41, 5.74) is 22.2. The number of nitrogens with zero attached hydrogens (tertiary/aromatic N) is 12. The zero-order chi connectivity index (χ0) is 69.5. The number of furan rings is 1. The summed E-state index contributed by atoms with van der Waals surface area (Å²) in [7, 11) is 0. The zero-order valence-electron chi connectivity index (χ0n) is 56.4. The molecular formula is C92H54N12OS. The average Bonchev–Trinajstić information content (AvgIpc) is 1.52. The smallest absolute Gasteiger partial charge is 0.220 e. The molecule has 6 aromatic heterocycles. The molecule has 14 heteroatoms. The van der Waals surface area contributed by atoms with Crippen LogP contribution >= 0.6 is 11.3 Å². The van der Waals surface area contributed by atoms with Crippen molar-refractivity contribution in [2.24, 2.45) is 0 Å². The molecule has 0 fully saturated rings. The maximum atomic E-state index is 6.52. The van der Waals surface area contributed by atoms with Gasteiger partial charge in [-0.15, -0.1) is 11.3 Å². The maximum absolute atomic E-state index is 6.52. The van der Waals surface area contributed by atoms with Crippen LogP contribution in [0, 0.1) is 0 Å². The number of hydrogen-bond donors (Lipinski definition) is 0. The highest BCUT2D eigenvalue weighted by Crippen LogP contribution is 2.53. The van der Waals surface area contributed by atoms with Crippen LogP contribution in [0.3, 0.4) is 0 Å². The van der Waals surface area contributed by atoms with Gasteiger partial charge in [-0.2, -0.15) is 0 Å². The minimum atomic E-state index is 0.492. The van der Waals surface area contributed by atoms with E-state index in [0.29, 0.717) is 34.9 Å². The van der Waals surface area contributed by atoms with Gasteiger partial charge >= 0.3 is 0 Å². The predicted octanol–water partition coefficient (Wildman–Crippen LogP) is 23.6. The van der Waals surface area contributed by atoms with Crippen molar-refractivity contribution in [2.75, 3.05) is 9.80 Å². The quantitative estimate of drug-likeness (QED) is 0.137. The minimum Gasteiger partial charge on any atom is -0.456 e. The second-order valence-corrected chi connectivity index (χ2v) is 27.7. The molecule has 20 aromatic rings. The molecule has 0 bridgehead atoms. The van der Waals surface area contributed by atoms with E-state index < -0.39 is 0 Å². The Morgan fingerprint density at radius 2 is 0.651 bits per heavy atom. The number of anilines is 6. The average molecular weight is 1380 g/mol. The lowest BCUT2D eigenvalue weighted by molar-refractivity contribution is 0.669. The van der Waals surface area contributed by atoms with E-state index in [1.807, 2.05) is 60.7 Å². The summed E-state index contributed by atoms with van der Waals surface area (Å²) in [6.07, 6.45) is 0. The molecule has 13 nitrogen and oxygen atoms in total. The second kappa shape index (κ2) is 23.6. The van der Waals surface area contributed by atoms with Crippen molar-refractivity contribution in [1.29, 1.82) is 0 Å². The highest BCUT2D eigenvalue weighted by molar-refractivity contribution is 7.26. The van der Waals surface area contributed by atoms with E-state index in [1.54, 1.807) is 11.3 Å². The first-order valence-corrected chi connectivity index (χ1v) is 36.0. The number of fused-ring (bicyclic) bond motifs is 20. The van der Waals surface area contributed by atoms with Gasteiger partial charge in [-0.1, -0.05) is 218 Å². The Balaban J connectivity index is 0.698. The van der Waals surface area contributed by atoms with Gasteiger partial charge in [-0.25, -0.2) is 39.9 Å². The van der Waals surface area contributed by atoms with E-state index in [1.165, 1.54) is 14.8 Å². The van der Waals surface area contributed by atoms with E-state index in [9.17, 15) is 0 Å². The van der Waals surface area contributed by atoms with Crippen LogP contribution < -0.4 is 9.80 Å². The molecule has 0 amide bonds. The van der Waals surface area contributed by atoms with Gasteiger partial charge in [0.15, 0.2) is 34.9 Å². The van der Waals surface area contributed by atoms with Crippen LogP contribution in [0.5, 0.6) is 0 Å². The normalized spacial score (nSPS) is 12.3. The summed E-state index contributed by atoms with van der Waals surface area (Å²) in [5.74, 6) is 4.66. The molecule has 0 unspecified atom stereocenters. The Labute approximate surface area is 610 Å². The van der Waals surface area contributed by atoms with Gasteiger partial charge in [0.2, 0.25) is 11.9 Å². The number of para-hydroxylation sites is 10. The summed E-state index contributed by atoms with van der Waals surface area (Å²) >= 11 is 1.78. The molecule has 8 heterocycles. The van der Waals surface area contributed by atoms with Crippen molar-refractivity contribution in [3.05, 3.63) is 328 Å². The third kappa shape index (κ3) is 9.34. The molecule has 106 heavy (non-hydrogen) atoms. The highest BCUT2D eigenvalue weighted by atomic mass is 32.1. The predicted molar refractivity (Wildman–Crippen MR) is 428 cm³/mol. The Morgan fingerprint density at radius 1 is 0.236 bits per heavy atom. The van der Waals surface area contributed by atoms with Crippen molar-refractivity contribution in [3.63, 3.8) is 0 Å². The number of aromatic nitrogens is 10. The van der Waals surface area contributed by atoms with Crippen LogP contribution in [0.2, 0.25) is 0 Å². The summed E-state index contributed by atoms with van der Waals surface area (Å²) in [6.45, 7) is 0. The first-order chi connectivity index (χ1) is 52.5. The van der Waals surface area contributed by atoms with Gasteiger partial charge < -0.3 is 4.42 Å². The SMILES string of the molecule is c1ccc(-c2nc(-c3ccccc3N3c4ccc(-c5ccc(-c6nc(-c7ccc8c(c7)oc7ccccc78)nc(-c7ccccc7N7c8ccccc8-c8ccccc8-n8c7nc7ccccc78)n6)cc5)cc4-c4ccccc4-n4c3nc3ccccc34)nc(-c3cccc4sc5ccccc5c34)n2)cc1. The van der Waals surface area contributed by atoms with E-state index >= 15 is 0 Å². The standard InChI is InChI=1S/C92H54N12OS/c1-2-23-56(24-3-1)85-96-89(100-90(98-85)68-32-22-44-83-84(68)67-31-10-21-43-82(67)106-83)66-30-8-17-39-76(66)102-77-52-50-58(53-69(77)62-27-6-15-37-74(62)104-79-41-19-12-34-71(79)94-92(102)104)55-45-47-57(48-46-55)86-95-87(59-49-51-64-63-28-9-20-42-80(63)105-81(64)54-59)99-88(97-86)65-29-7-16-38-75(65)101-72-35-13-4-25-60(72)61-26-5-14-36-73(61)103-78-40-18-11-33-70(78)93-91(101)103/h1-54H. The van der Waals surface area contributed by atoms with Crippen LogP contribution in [-0.4, -0.2) is 49.0 Å². The molecule has 0 saturated heterocycles. The first kappa shape index (κ1) is 59.4. The van der Waals surface area contributed by atoms with E-state index in [2.05, 4.69) is 286 Å². The van der Waals surface area contributed by atoms with Gasteiger partial charge in [0.05, 0.1) is 56.2 Å². The Kier molecular flexibility index (Phi) is 13.2. The molecule has 2 aliphatic heterocycles. The number of hydrogen-bond acceptors (Lipinski definition) is 12. The largest absolute Gasteiger partial charge is 0.456 e. The summed E-state index contributed by atoms with van der Waals surface area (Å²) in [4.78, 5) is 48.1. The van der Waals surface area contributed by atoms with Crippen molar-refractivity contribution in [1.82, 2.24) is 49.0 Å². The van der Waals surface area contributed by atoms with Crippen molar-refractivity contribution in [3.8, 4) is 113 Å². The Morgan fingerprint density at radius 3 is 1.30 bits per heavy atom. The molecule has 2 aliphatic rings. The fraction of sp³-hybridized carbons (Fsp3) is 0. The number of rotatable bonds is 9. The molecule has 0 aliphatic carbocycles. The van der Waals surface area contributed by atoms with E-state index in [-0.39, 0.29) is 0 Å². The van der Waals surface area contributed by atoms with Gasteiger partial charge in [-0.05, 0) is 120 Å². The van der Waals surface area contributed by atoms with E-state index in [0.717, 1.165) is 162 Å². The molecule has 0 N–H and O–H groups in total. The molecule has 0 radical (unpaired) electrons. The summed E-state index contributed by atoms with van der Waals surface area (Å²) < 4.78 is 13.5. The molecular weight excluding hydrogens is 1320 g/mol. The van der Waals surface area contributed by atoms with E-state index in [4.69, 9.17) is 44.3 Å². The zero-order valence-corrected chi connectivity index (χ0v) is 57.2. The molecule has 0 spiro atoms. The third-order valence-corrected chi connectivity index (χ3v) is 21.7. The lowest BCUT2D eigenvalue weighted by atomic mass is 9.95. The molecule has 0 atom stereocenters. The van der Waals surface area contributed by atoms with Crippen LogP contribution in [0.1, 0.15) is 0 Å². The first-order valence-electron chi connectivity index (χ1n) is 35.2. The van der Waals surface area contributed by atoms with Crippen LogP contribution in [0.15, 0.2) is 332 Å². The van der Waals surface area contributed by atoms with Gasteiger partial charge in [0, 0.05) is 86.6 Å². The molecule has 22 rings (SSSR count). The van der Waals surface area contributed by atoms with Gasteiger partial charge in [-0.3, -0.25) is 18.9 Å². The topological polar surface area (TPSA) is 133 Å². The lowest BCUT2D eigenvalue weighted by Crippen LogP contribution is -2.15. The Hall–Kier alpha value is -14.3. The highest BCUT2D eigenvalue weighted by Gasteiger charge is 2.34. The minimum absolute atomic E-state index is 0.492. The second-order valence-electron chi connectivity index (χ2n) is 26.6. The van der Waals surface area contributed by atoms with Gasteiger partial charge in [0.1, 0.15) is 11.2 Å². The number of benzene rings is 14. The molecule has 14 aromatic carbocycles. The maximum Gasteiger partial charge on any atom is 0.220 e. The third-order valence-electron chi connectivity index (χ3n) is 20.6. The lowest BCUT2D eigenvalue weighted by Gasteiger charge is -2.27. The summed E-state index contributed by atoms with van der Waals surface area (Å²) in [5, 5.41) is 4.35. The fourth-order valence-electron chi connectivity index (χ4n) is 15.7. The van der Waals surface area contributed by atoms with Gasteiger partial charge in [0.25, 0.3) is 0 Å². The monoisotopic (exact) mass is 1370 g/mol. The van der Waals surface area contributed by atoms with Crippen LogP contribution in [0.25, 0.3) is 177 Å². The summed E-state index contributed by atoms with van der Waals surface area (Å²) in [6, 6.07) is 114. The molecule has 494 valence electrons. The van der Waals surface area contributed by atoms with Crippen molar-refractivity contribution in [2.45, 2.75) is 0 Å². The van der Waals surface area contributed by atoms with Crippen LogP contribution in [0.4, 0.5) is 34.6 Å². The van der Waals surface area contributed by atoms with Crippen molar-refractivity contribution < 1.29 is 4.42 Å². The fourth-order valence-corrected chi connectivity index (χ4v) is 16.9. The Bertz CT molecular complexity index is 7020. The van der Waals surface area contributed by atoms with Crippen molar-refractivity contribution >= 4 is 110 Å². The molecule has 0 saturated carbocycles. The number of imidazole rings is 2. The van der Waals surface area contributed by atoms with Crippen LogP contribution in [-0.2, 0) is 0 Å². The number of thiophene rings is 1.